The second-order valence-electron chi connectivity index (χ2n) is 16.2. The number of ether oxygens (including phenoxy) is 1. The summed E-state index contributed by atoms with van der Waals surface area (Å²) in [5.41, 5.74) is 1.94. The van der Waals surface area contributed by atoms with E-state index < -0.39 is 8.32 Å². The van der Waals surface area contributed by atoms with E-state index in [9.17, 15) is 4.79 Å². The molecule has 0 aliphatic carbocycles. The van der Waals surface area contributed by atoms with Crippen molar-refractivity contribution in [2.45, 2.75) is 115 Å². The molecule has 3 aromatic rings. The molecule has 7 nitrogen and oxygen atoms in total. The number of guanidine groups is 1. The highest BCUT2D eigenvalue weighted by molar-refractivity contribution is 6.99. The highest BCUT2D eigenvalue weighted by Gasteiger charge is 2.50. The molecule has 280 valence electrons. The zero-order valence-corrected chi connectivity index (χ0v) is 33.2. The Morgan fingerprint density at radius 1 is 0.808 bits per heavy atom. The molecule has 1 N–H and O–H groups in total. The zero-order chi connectivity index (χ0) is 36.4. The molecule has 3 heterocycles. The molecule has 8 heteroatoms. The fourth-order valence-corrected chi connectivity index (χ4v) is 13.1. The third-order valence-corrected chi connectivity index (χ3v) is 16.4. The van der Waals surface area contributed by atoms with Crippen LogP contribution in [0.5, 0.6) is 0 Å². The lowest BCUT2D eigenvalue weighted by atomic mass is 10.0. The molecule has 0 unspecified atom stereocenters. The number of likely N-dealkylation sites (tertiary alicyclic amines) is 1. The predicted octanol–water partition coefficient (Wildman–Crippen LogP) is 7.71. The van der Waals surface area contributed by atoms with Gasteiger partial charge in [-0.05, 0) is 78.3 Å². The van der Waals surface area contributed by atoms with Gasteiger partial charge in [0.25, 0.3) is 8.32 Å². The average Bonchev–Trinajstić information content (AvgIpc) is 3.64. The SMILES string of the molecule is CCCCCCCCN1CCC[C@H]1c1ccc(C(=O)OC[C@H]2CCN3CC[C@H](CO[Si](c4ccccc4)(c4ccccc4)C(C)(C)C)N=C3N2)cc1. The second-order valence-corrected chi connectivity index (χ2v) is 20.5. The third kappa shape index (κ3) is 9.18. The van der Waals surface area contributed by atoms with E-state index in [-0.39, 0.29) is 23.1 Å². The molecule has 2 saturated heterocycles. The van der Waals surface area contributed by atoms with E-state index in [0.717, 1.165) is 31.9 Å². The number of unbranched alkanes of at least 4 members (excludes halogenated alkanes) is 5. The molecule has 3 aliphatic heterocycles. The number of carbonyl (C=O) groups excluding carboxylic acids is 1. The maximum Gasteiger partial charge on any atom is 0.338 e. The minimum Gasteiger partial charge on any atom is -0.460 e. The van der Waals surface area contributed by atoms with Crippen LogP contribution in [0.3, 0.4) is 0 Å². The van der Waals surface area contributed by atoms with Crippen molar-refractivity contribution in [1.82, 2.24) is 15.1 Å². The molecule has 0 saturated carbocycles. The molecule has 2 fully saturated rings. The van der Waals surface area contributed by atoms with Gasteiger partial charge in [-0.15, -0.1) is 0 Å². The Balaban J connectivity index is 1.03. The molecule has 3 atom stereocenters. The first kappa shape index (κ1) is 38.3. The number of hydrogen-bond acceptors (Lipinski definition) is 7. The van der Waals surface area contributed by atoms with Gasteiger partial charge >= 0.3 is 5.97 Å². The van der Waals surface area contributed by atoms with E-state index in [1.54, 1.807) is 0 Å². The third-order valence-electron chi connectivity index (χ3n) is 11.4. The minimum atomic E-state index is -2.64. The zero-order valence-electron chi connectivity index (χ0n) is 32.2. The first-order valence-electron chi connectivity index (χ1n) is 20.1. The summed E-state index contributed by atoms with van der Waals surface area (Å²) in [6.45, 7) is 14.3. The van der Waals surface area contributed by atoms with Crippen molar-refractivity contribution in [3.05, 3.63) is 96.1 Å². The van der Waals surface area contributed by atoms with Crippen LogP contribution in [0.25, 0.3) is 0 Å². The first-order chi connectivity index (χ1) is 25.3. The van der Waals surface area contributed by atoms with Gasteiger partial charge < -0.3 is 19.4 Å². The van der Waals surface area contributed by atoms with Gasteiger partial charge in [-0.25, -0.2) is 9.79 Å². The lowest BCUT2D eigenvalue weighted by Crippen LogP contribution is -2.67. The van der Waals surface area contributed by atoms with Crippen molar-refractivity contribution < 1.29 is 14.0 Å². The van der Waals surface area contributed by atoms with Gasteiger partial charge in [0.1, 0.15) is 6.61 Å². The number of hydrogen-bond donors (Lipinski definition) is 1. The molecule has 0 amide bonds. The summed E-state index contributed by atoms with van der Waals surface area (Å²) in [6.07, 6.45) is 12.3. The topological polar surface area (TPSA) is 66.4 Å². The van der Waals surface area contributed by atoms with Crippen LogP contribution < -0.4 is 15.7 Å². The van der Waals surface area contributed by atoms with Gasteiger partial charge in [-0.1, -0.05) is 133 Å². The van der Waals surface area contributed by atoms with Crippen molar-refractivity contribution in [1.29, 1.82) is 0 Å². The summed E-state index contributed by atoms with van der Waals surface area (Å²) in [5.74, 6) is 0.648. The maximum atomic E-state index is 13.1. The van der Waals surface area contributed by atoms with E-state index >= 15 is 0 Å². The smallest absolute Gasteiger partial charge is 0.338 e. The number of nitrogens with zero attached hydrogens (tertiary/aromatic N) is 3. The number of esters is 1. The molecule has 0 radical (unpaired) electrons. The lowest BCUT2D eigenvalue weighted by Gasteiger charge is -2.44. The Kier molecular flexibility index (Phi) is 13.3. The first-order valence-corrected chi connectivity index (χ1v) is 22.0. The minimum absolute atomic E-state index is 0.0311. The fourth-order valence-electron chi connectivity index (χ4n) is 8.54. The van der Waals surface area contributed by atoms with Crippen LogP contribution in [-0.2, 0) is 9.16 Å². The normalized spacial score (nSPS) is 21.0. The number of rotatable bonds is 16. The molecule has 0 spiro atoms. The summed E-state index contributed by atoms with van der Waals surface area (Å²) in [7, 11) is -2.64. The maximum absolute atomic E-state index is 13.1. The van der Waals surface area contributed by atoms with Gasteiger partial charge in [0.05, 0.1) is 24.3 Å². The number of nitrogens with one attached hydrogen (secondary N) is 1. The number of carbonyl (C=O) groups is 1. The Morgan fingerprint density at radius 2 is 1.46 bits per heavy atom. The molecule has 0 bridgehead atoms. The lowest BCUT2D eigenvalue weighted by molar-refractivity contribution is 0.0455. The van der Waals surface area contributed by atoms with Crippen molar-refractivity contribution in [2.75, 3.05) is 39.4 Å². The molecular weight excluding hydrogens is 661 g/mol. The highest BCUT2D eigenvalue weighted by Crippen LogP contribution is 2.37. The largest absolute Gasteiger partial charge is 0.460 e. The second kappa shape index (κ2) is 18.0. The quantitative estimate of drug-likeness (QED) is 0.0929. The Hall–Kier alpha value is -3.46. The number of fused-ring (bicyclic) bond motifs is 1. The molecular formula is C44H62N4O3Si. The predicted molar refractivity (Wildman–Crippen MR) is 216 cm³/mol. The van der Waals surface area contributed by atoms with Gasteiger partial charge in [-0.2, -0.15) is 0 Å². The summed E-state index contributed by atoms with van der Waals surface area (Å²) >= 11 is 0. The van der Waals surface area contributed by atoms with Crippen LogP contribution in [0.1, 0.15) is 114 Å². The molecule has 3 aromatic carbocycles. The standard InChI is InChI=1S/C44H62N4O3Si/c1-5-6-7-8-9-16-29-47-30-17-22-41(47)35-23-25-36(26-24-35)42(49)50-33-37-27-31-48-32-28-38(46-43(48)45-37)34-51-52(44(2,3)4,39-18-12-10-13-19-39)40-20-14-11-15-21-40/h10-15,18-21,23-26,37-38,41H,5-9,16-17,22,27-34H2,1-4H3,(H,45,46)/t37-,38-,41+/m1/s1. The van der Waals surface area contributed by atoms with Crippen LogP contribution in [0.2, 0.25) is 5.04 Å². The van der Waals surface area contributed by atoms with Gasteiger partial charge in [0, 0.05) is 19.1 Å². The van der Waals surface area contributed by atoms with Crippen LogP contribution in [0.4, 0.5) is 0 Å². The number of benzene rings is 3. The average molecular weight is 723 g/mol. The summed E-state index contributed by atoms with van der Waals surface area (Å²) in [4.78, 5) is 23.3. The fraction of sp³-hybridized carbons (Fsp3) is 0.545. The van der Waals surface area contributed by atoms with E-state index in [1.165, 1.54) is 80.4 Å². The van der Waals surface area contributed by atoms with E-state index in [0.29, 0.717) is 24.8 Å². The van der Waals surface area contributed by atoms with Crippen molar-refractivity contribution in [3.63, 3.8) is 0 Å². The van der Waals surface area contributed by atoms with E-state index in [2.05, 4.69) is 116 Å². The van der Waals surface area contributed by atoms with Gasteiger partial charge in [0.2, 0.25) is 0 Å². The summed E-state index contributed by atoms with van der Waals surface area (Å²) in [6, 6.07) is 30.4. The Bertz CT molecular complexity index is 1540. The molecule has 3 aliphatic rings. The van der Waals surface area contributed by atoms with Crippen molar-refractivity contribution in [3.8, 4) is 0 Å². The molecule has 6 rings (SSSR count). The summed E-state index contributed by atoms with van der Waals surface area (Å²) < 4.78 is 13.1. The van der Waals surface area contributed by atoms with Crippen LogP contribution in [0.15, 0.2) is 89.9 Å². The van der Waals surface area contributed by atoms with Crippen molar-refractivity contribution in [2.24, 2.45) is 4.99 Å². The highest BCUT2D eigenvalue weighted by atomic mass is 28.4. The van der Waals surface area contributed by atoms with Crippen LogP contribution in [-0.4, -0.2) is 81.5 Å². The van der Waals surface area contributed by atoms with Gasteiger partial charge in [-0.3, -0.25) is 4.90 Å². The Labute approximate surface area is 314 Å². The monoisotopic (exact) mass is 722 g/mol. The van der Waals surface area contributed by atoms with Crippen LogP contribution in [0, 0.1) is 0 Å². The van der Waals surface area contributed by atoms with Crippen LogP contribution >= 0.6 is 0 Å². The molecule has 52 heavy (non-hydrogen) atoms. The summed E-state index contributed by atoms with van der Waals surface area (Å²) in [5, 5.41) is 6.11. The molecule has 0 aromatic heterocycles. The van der Waals surface area contributed by atoms with E-state index in [4.69, 9.17) is 14.2 Å². The van der Waals surface area contributed by atoms with Gasteiger partial charge in [0.15, 0.2) is 5.96 Å². The van der Waals surface area contributed by atoms with E-state index in [1.807, 2.05) is 12.1 Å². The Morgan fingerprint density at radius 3 is 2.13 bits per heavy atom. The van der Waals surface area contributed by atoms with Crippen molar-refractivity contribution >= 4 is 30.6 Å². The number of aliphatic imine (C=N–C) groups is 1.